The normalized spacial score (nSPS) is 18.6. The number of benzene rings is 2. The summed E-state index contributed by atoms with van der Waals surface area (Å²) in [6, 6.07) is 13.6. The summed E-state index contributed by atoms with van der Waals surface area (Å²) in [5.74, 6) is 0.0535. The largest absolute Gasteiger partial charge is 0.349 e. The highest BCUT2D eigenvalue weighted by Crippen LogP contribution is 2.26. The monoisotopic (exact) mass is 380 g/mol. The van der Waals surface area contributed by atoms with E-state index in [9.17, 15) is 9.18 Å². The van der Waals surface area contributed by atoms with Crippen LogP contribution in [0, 0.1) is 11.7 Å². The lowest BCUT2D eigenvalue weighted by Crippen LogP contribution is -2.41. The van der Waals surface area contributed by atoms with Crippen molar-refractivity contribution in [3.8, 4) is 0 Å². The van der Waals surface area contributed by atoms with E-state index >= 15 is 0 Å². The molecule has 1 N–H and O–H groups in total. The Bertz CT molecular complexity index is 842. The minimum atomic E-state index is -0.148. The van der Waals surface area contributed by atoms with Gasteiger partial charge in [-0.2, -0.15) is 0 Å². The van der Waals surface area contributed by atoms with Gasteiger partial charge in [-0.1, -0.05) is 36.4 Å². The van der Waals surface area contributed by atoms with Crippen LogP contribution in [0.3, 0.4) is 0 Å². The van der Waals surface area contributed by atoms with Crippen LogP contribution in [-0.4, -0.2) is 23.9 Å². The van der Waals surface area contributed by atoms with Crippen molar-refractivity contribution in [1.29, 1.82) is 0 Å². The maximum Gasteiger partial charge on any atom is 0.223 e. The van der Waals surface area contributed by atoms with Gasteiger partial charge in [0, 0.05) is 18.0 Å². The highest BCUT2D eigenvalue weighted by molar-refractivity contribution is 5.79. The average molecular weight is 381 g/mol. The van der Waals surface area contributed by atoms with Gasteiger partial charge in [0.2, 0.25) is 5.91 Å². The summed E-state index contributed by atoms with van der Waals surface area (Å²) in [6.07, 6.45) is 5.24. The van der Waals surface area contributed by atoms with Crippen LogP contribution < -0.4 is 5.32 Å². The molecular formula is C24H29FN2O. The van der Waals surface area contributed by atoms with E-state index in [1.165, 1.54) is 35.6 Å². The van der Waals surface area contributed by atoms with Crippen molar-refractivity contribution in [2.75, 3.05) is 13.1 Å². The van der Waals surface area contributed by atoms with Gasteiger partial charge in [-0.25, -0.2) is 4.39 Å². The molecule has 0 radical (unpaired) electrons. The Morgan fingerprint density at radius 3 is 2.68 bits per heavy atom. The Hall–Kier alpha value is -2.20. The molecule has 1 aliphatic carbocycles. The first-order valence-electron chi connectivity index (χ1n) is 10.5. The molecule has 1 saturated heterocycles. The number of fused-ring (bicyclic) bond motifs is 1. The second-order valence-electron chi connectivity index (χ2n) is 8.25. The van der Waals surface area contributed by atoms with Gasteiger partial charge < -0.3 is 5.32 Å². The van der Waals surface area contributed by atoms with Crippen LogP contribution in [0.4, 0.5) is 4.39 Å². The number of nitrogens with zero attached hydrogens (tertiary/aromatic N) is 1. The number of rotatable bonds is 5. The van der Waals surface area contributed by atoms with Gasteiger partial charge in [0.05, 0.1) is 6.04 Å². The molecule has 4 rings (SSSR count). The number of hydrogen-bond acceptors (Lipinski definition) is 2. The molecule has 1 aliphatic heterocycles. The predicted octanol–water partition coefficient (Wildman–Crippen LogP) is 4.40. The molecule has 28 heavy (non-hydrogen) atoms. The first kappa shape index (κ1) is 19.1. The number of piperidine rings is 1. The Morgan fingerprint density at radius 1 is 1.14 bits per heavy atom. The summed E-state index contributed by atoms with van der Waals surface area (Å²) >= 11 is 0. The summed E-state index contributed by atoms with van der Waals surface area (Å²) in [4.78, 5) is 15.0. The number of hydrogen-bond donors (Lipinski definition) is 1. The molecule has 1 amide bonds. The van der Waals surface area contributed by atoms with Crippen molar-refractivity contribution in [2.24, 2.45) is 5.92 Å². The topological polar surface area (TPSA) is 32.3 Å². The zero-order valence-electron chi connectivity index (χ0n) is 16.6. The Morgan fingerprint density at radius 2 is 1.89 bits per heavy atom. The highest BCUT2D eigenvalue weighted by Gasteiger charge is 2.26. The zero-order chi connectivity index (χ0) is 19.5. The molecule has 2 aromatic carbocycles. The molecule has 3 nitrogen and oxygen atoms in total. The molecule has 1 fully saturated rings. The zero-order valence-corrected chi connectivity index (χ0v) is 16.6. The van der Waals surface area contributed by atoms with Crippen LogP contribution in [0.15, 0.2) is 42.5 Å². The van der Waals surface area contributed by atoms with Crippen LogP contribution >= 0.6 is 0 Å². The lowest BCUT2D eigenvalue weighted by atomic mass is 9.94. The van der Waals surface area contributed by atoms with E-state index in [1.54, 1.807) is 6.07 Å². The number of carbonyl (C=O) groups is 1. The molecule has 0 bridgehead atoms. The van der Waals surface area contributed by atoms with Crippen molar-refractivity contribution in [1.82, 2.24) is 10.2 Å². The van der Waals surface area contributed by atoms with Crippen LogP contribution in [0.5, 0.6) is 0 Å². The van der Waals surface area contributed by atoms with E-state index < -0.39 is 0 Å². The minimum absolute atomic E-state index is 0.0369. The third-order valence-corrected chi connectivity index (χ3v) is 6.29. The fourth-order valence-electron chi connectivity index (χ4n) is 4.50. The summed E-state index contributed by atoms with van der Waals surface area (Å²) in [6.45, 7) is 4.35. The fourth-order valence-corrected chi connectivity index (χ4v) is 4.50. The van der Waals surface area contributed by atoms with Gasteiger partial charge in [-0.3, -0.25) is 9.69 Å². The van der Waals surface area contributed by atoms with Gasteiger partial charge >= 0.3 is 0 Å². The summed E-state index contributed by atoms with van der Waals surface area (Å²) in [7, 11) is 0. The van der Waals surface area contributed by atoms with Gasteiger partial charge in [-0.15, -0.1) is 0 Å². The second kappa shape index (κ2) is 8.44. The number of carbonyl (C=O) groups excluding carboxylic acids is 1. The number of aryl methyl sites for hydroxylation is 2. The number of likely N-dealkylation sites (tertiary alicyclic amines) is 1. The van der Waals surface area contributed by atoms with Crippen molar-refractivity contribution in [3.63, 3.8) is 0 Å². The lowest BCUT2D eigenvalue weighted by molar-refractivity contribution is -0.127. The maximum atomic E-state index is 13.8. The molecule has 1 heterocycles. The van der Waals surface area contributed by atoms with Crippen LogP contribution in [-0.2, 0) is 24.2 Å². The average Bonchev–Trinajstić information content (AvgIpc) is 3.18. The molecule has 0 saturated carbocycles. The molecule has 0 spiro atoms. The van der Waals surface area contributed by atoms with E-state index in [0.29, 0.717) is 6.54 Å². The van der Waals surface area contributed by atoms with E-state index in [-0.39, 0.29) is 23.7 Å². The minimum Gasteiger partial charge on any atom is -0.349 e. The molecule has 2 aromatic rings. The van der Waals surface area contributed by atoms with Gasteiger partial charge in [0.25, 0.3) is 0 Å². The molecule has 0 unspecified atom stereocenters. The molecule has 148 valence electrons. The van der Waals surface area contributed by atoms with E-state index in [4.69, 9.17) is 0 Å². The van der Waals surface area contributed by atoms with Crippen molar-refractivity contribution >= 4 is 5.91 Å². The first-order valence-corrected chi connectivity index (χ1v) is 10.5. The quantitative estimate of drug-likeness (QED) is 0.834. The van der Waals surface area contributed by atoms with Crippen LogP contribution in [0.1, 0.15) is 54.5 Å². The third-order valence-electron chi connectivity index (χ3n) is 6.29. The fraction of sp³-hybridized carbons (Fsp3) is 0.458. The highest BCUT2D eigenvalue weighted by atomic mass is 19.1. The summed E-state index contributed by atoms with van der Waals surface area (Å²) in [5, 5.41) is 3.21. The first-order chi connectivity index (χ1) is 13.6. The Kier molecular flexibility index (Phi) is 5.77. The van der Waals surface area contributed by atoms with Crippen molar-refractivity contribution < 1.29 is 9.18 Å². The maximum absolute atomic E-state index is 13.8. The Labute approximate surface area is 166 Å². The van der Waals surface area contributed by atoms with Crippen LogP contribution in [0.2, 0.25) is 0 Å². The van der Waals surface area contributed by atoms with Crippen molar-refractivity contribution in [3.05, 3.63) is 70.5 Å². The molecule has 0 aromatic heterocycles. The van der Waals surface area contributed by atoms with Gasteiger partial charge in [-0.05, 0) is 74.9 Å². The molecular weight excluding hydrogens is 351 g/mol. The summed E-state index contributed by atoms with van der Waals surface area (Å²) in [5.41, 5.74) is 4.84. The number of nitrogens with one attached hydrogen (secondary N) is 1. The SMILES string of the molecule is C[C@H](NC(=O)C1CCN(Cc2ccccc2F)CC1)c1ccc2c(c1)CCC2. The second-order valence-corrected chi connectivity index (χ2v) is 8.25. The van der Waals surface area contributed by atoms with E-state index in [2.05, 4.69) is 35.3 Å². The standard InChI is InChI=1S/C24H29FN2O/c1-17(20-10-9-18-6-4-7-21(18)15-20)26-24(28)19-11-13-27(14-12-19)16-22-5-2-3-8-23(22)25/h2-3,5,8-10,15,17,19H,4,6-7,11-14,16H2,1H3,(H,26,28)/t17-/m0/s1. The predicted molar refractivity (Wildman–Crippen MR) is 109 cm³/mol. The molecule has 4 heteroatoms. The van der Waals surface area contributed by atoms with Crippen molar-refractivity contribution in [2.45, 2.75) is 51.6 Å². The van der Waals surface area contributed by atoms with E-state index in [1.807, 2.05) is 12.1 Å². The van der Waals surface area contributed by atoms with Gasteiger partial charge in [0.1, 0.15) is 5.82 Å². The lowest BCUT2D eigenvalue weighted by Gasteiger charge is -2.32. The third kappa shape index (κ3) is 4.27. The summed E-state index contributed by atoms with van der Waals surface area (Å²) < 4.78 is 13.8. The molecule has 2 aliphatic rings. The number of halogens is 1. The Balaban J connectivity index is 1.28. The smallest absolute Gasteiger partial charge is 0.223 e. The molecule has 1 atom stereocenters. The number of amides is 1. The van der Waals surface area contributed by atoms with Gasteiger partial charge in [0.15, 0.2) is 0 Å². The van der Waals surface area contributed by atoms with Crippen LogP contribution in [0.25, 0.3) is 0 Å². The van der Waals surface area contributed by atoms with E-state index in [0.717, 1.165) is 37.9 Å².